The maximum absolute atomic E-state index is 12.7. The number of hydrogen-bond donors (Lipinski definition) is 0. The van der Waals surface area contributed by atoms with E-state index in [1.54, 1.807) is 60.3 Å². The van der Waals surface area contributed by atoms with Crippen molar-refractivity contribution in [3.05, 3.63) is 29.4 Å². The predicted octanol–water partition coefficient (Wildman–Crippen LogP) is 4.00. The third-order valence-corrected chi connectivity index (χ3v) is 7.92. The van der Waals surface area contributed by atoms with Crippen molar-refractivity contribution in [1.29, 1.82) is 0 Å². The van der Waals surface area contributed by atoms with Crippen LogP contribution in [0.2, 0.25) is 0 Å². The minimum atomic E-state index is -3.86. The summed E-state index contributed by atoms with van der Waals surface area (Å²) in [6.07, 6.45) is 0.716. The average molecular weight is 824 g/mol. The summed E-state index contributed by atoms with van der Waals surface area (Å²) < 4.78 is 49.2. The van der Waals surface area contributed by atoms with E-state index >= 15 is 0 Å². The van der Waals surface area contributed by atoms with Crippen LogP contribution in [0.5, 0.6) is 0 Å². The Kier molecular flexibility index (Phi) is 27.3. The van der Waals surface area contributed by atoms with Crippen LogP contribution in [0.3, 0.4) is 0 Å². The molecular weight excluding hydrogens is 764 g/mol. The van der Waals surface area contributed by atoms with Crippen molar-refractivity contribution in [3.63, 3.8) is 0 Å². The summed E-state index contributed by atoms with van der Waals surface area (Å²) in [6, 6.07) is 0. The van der Waals surface area contributed by atoms with Crippen molar-refractivity contribution in [3.8, 4) is 0 Å². The number of rotatable bonds is 11. The summed E-state index contributed by atoms with van der Waals surface area (Å²) in [7, 11) is -3.86. The first-order chi connectivity index (χ1) is 22.8. The fourth-order valence-corrected chi connectivity index (χ4v) is 5.65. The zero-order valence-electron chi connectivity index (χ0n) is 32.8. The topological polar surface area (TPSA) is 156 Å². The Balaban J connectivity index is -0.000000859. The average Bonchev–Trinajstić information content (AvgIpc) is 3.01. The first kappa shape index (κ1) is 53.5. The van der Waals surface area contributed by atoms with Gasteiger partial charge in [-0.3, -0.25) is 9.05 Å². The molecule has 0 aliphatic carbocycles. The van der Waals surface area contributed by atoms with Gasteiger partial charge in [-0.25, -0.2) is 23.7 Å². The molecular formula is C34H60BrMgN2O12P. The molecule has 0 saturated heterocycles. The molecule has 0 saturated carbocycles. The molecule has 0 atom stereocenters. The van der Waals surface area contributed by atoms with Crippen LogP contribution in [0.25, 0.3) is 0 Å². The molecule has 0 bridgehead atoms. The van der Waals surface area contributed by atoms with Gasteiger partial charge in [0.2, 0.25) is 0 Å². The fourth-order valence-electron chi connectivity index (χ4n) is 4.37. The second kappa shape index (κ2) is 26.0. The molecule has 0 fully saturated rings. The molecule has 292 valence electrons. The number of nitrogens with zero attached hydrogens (tertiary/aromatic N) is 2. The summed E-state index contributed by atoms with van der Waals surface area (Å²) >= 11 is 0. The van der Waals surface area contributed by atoms with Crippen molar-refractivity contribution < 1.29 is 73.2 Å². The van der Waals surface area contributed by atoms with E-state index in [1.807, 2.05) is 27.7 Å². The Morgan fingerprint density at radius 1 is 0.686 bits per heavy atom. The van der Waals surface area contributed by atoms with Gasteiger partial charge in [-0.15, -0.1) is 0 Å². The van der Waals surface area contributed by atoms with Crippen LogP contribution in [-0.2, 0) is 46.7 Å². The molecule has 0 radical (unpaired) electrons. The molecule has 2 amide bonds. The monoisotopic (exact) mass is 822 g/mol. The van der Waals surface area contributed by atoms with Gasteiger partial charge in [0.15, 0.2) is 0 Å². The number of ether oxygens (including phenoxy) is 4. The summed E-state index contributed by atoms with van der Waals surface area (Å²) in [5.74, 6) is -0.837. The second-order valence-corrected chi connectivity index (χ2v) is 14.0. The van der Waals surface area contributed by atoms with Gasteiger partial charge < -0.3 is 57.2 Å². The van der Waals surface area contributed by atoms with Crippen molar-refractivity contribution in [2.24, 2.45) is 0 Å². The summed E-state index contributed by atoms with van der Waals surface area (Å²) in [4.78, 5) is 51.6. The van der Waals surface area contributed by atoms with Crippen molar-refractivity contribution in [2.75, 3.05) is 52.6 Å². The van der Waals surface area contributed by atoms with Crippen LogP contribution in [0.15, 0.2) is 22.5 Å². The normalized spacial score (nSPS) is 14.7. The van der Waals surface area contributed by atoms with Gasteiger partial charge in [-0.05, 0) is 82.1 Å². The van der Waals surface area contributed by atoms with Crippen molar-refractivity contribution in [2.45, 2.75) is 114 Å². The van der Waals surface area contributed by atoms with E-state index in [9.17, 15) is 23.7 Å². The Hall–Kier alpha value is -1.84. The Labute approximate surface area is 332 Å². The van der Waals surface area contributed by atoms with Gasteiger partial charge in [-0.1, -0.05) is 12.5 Å². The number of halogens is 1. The van der Waals surface area contributed by atoms with Crippen LogP contribution in [-0.4, -0.2) is 121 Å². The molecule has 2 heterocycles. The standard InChI is InChI=1S/C17H30NO8P.C15H25NO4.C2H5.BrH.Mg/c1-7-22-15(19)13-12-18(16(20)25-17(4,5)6)11-10-14(13)26-27(21,23-8-2)24-9-3;1-6-11-8-9-16(14(18)20-15(3,4)5)10-12(11)13(17)19-7-2;1-2;;/h7-12H2,1-6H3;6-10H2,1-5H3;1H2,2H3;1H;/q;;-1;;+2/p-1. The minimum Gasteiger partial charge on any atom is -1.00 e. The molecule has 14 nitrogen and oxygen atoms in total. The predicted molar refractivity (Wildman–Crippen MR) is 191 cm³/mol. The molecule has 2 aliphatic rings. The summed E-state index contributed by atoms with van der Waals surface area (Å²) in [6.45, 7) is 26.2. The number of carbonyl (C=O) groups is 4. The molecule has 0 N–H and O–H groups in total. The molecule has 0 spiro atoms. The van der Waals surface area contributed by atoms with E-state index in [1.165, 1.54) is 4.90 Å². The molecule has 0 aromatic heterocycles. The van der Waals surface area contributed by atoms with Crippen molar-refractivity contribution in [1.82, 2.24) is 9.80 Å². The number of phosphoric ester groups is 1. The van der Waals surface area contributed by atoms with E-state index < -0.39 is 31.1 Å². The third-order valence-electron chi connectivity index (χ3n) is 6.32. The molecule has 2 aliphatic heterocycles. The number of esters is 2. The molecule has 2 rings (SSSR count). The molecule has 0 aromatic carbocycles. The van der Waals surface area contributed by atoms with Crippen molar-refractivity contribution >= 4 is 55.0 Å². The van der Waals surface area contributed by atoms with Gasteiger partial charge >= 0.3 is 55.0 Å². The number of carbonyl (C=O) groups excluding carboxylic acids is 4. The SMILES string of the molecule is CCOC(=O)C1=C(CC)CCN(C(=O)OC(C)(C)C)C1.CCOC(=O)C1=C(OP(=O)(OCC)OCC)CCN(C(=O)OC(C)(C)C)C1.[Br-].[CH2-]C.[Mg+2]. The van der Waals surface area contributed by atoms with Gasteiger partial charge in [0.1, 0.15) is 17.0 Å². The molecule has 51 heavy (non-hydrogen) atoms. The van der Waals surface area contributed by atoms with E-state index in [0.717, 1.165) is 12.0 Å². The van der Waals surface area contributed by atoms with Crippen LogP contribution >= 0.6 is 7.82 Å². The van der Waals surface area contributed by atoms with Gasteiger partial charge in [0.05, 0.1) is 50.7 Å². The van der Waals surface area contributed by atoms with E-state index in [-0.39, 0.29) is 109 Å². The Morgan fingerprint density at radius 2 is 1.08 bits per heavy atom. The van der Waals surface area contributed by atoms with Gasteiger partial charge in [-0.2, -0.15) is 6.92 Å². The van der Waals surface area contributed by atoms with Gasteiger partial charge in [0.25, 0.3) is 0 Å². The van der Waals surface area contributed by atoms with Crippen LogP contribution < -0.4 is 17.0 Å². The van der Waals surface area contributed by atoms with Crippen LogP contribution in [0.1, 0.15) is 102 Å². The first-order valence-corrected chi connectivity index (χ1v) is 18.3. The van der Waals surface area contributed by atoms with Crippen LogP contribution in [0.4, 0.5) is 9.59 Å². The number of amides is 2. The maximum atomic E-state index is 12.7. The molecule has 17 heteroatoms. The fraction of sp³-hybridized carbons (Fsp3) is 0.735. The zero-order chi connectivity index (χ0) is 38.0. The van der Waals surface area contributed by atoms with E-state index in [0.29, 0.717) is 25.1 Å². The largest absolute Gasteiger partial charge is 2.00 e. The number of hydrogen-bond acceptors (Lipinski definition) is 12. The zero-order valence-corrected chi connectivity index (χ0v) is 36.7. The smallest absolute Gasteiger partial charge is 1.00 e. The number of phosphoric acid groups is 1. The molecule has 0 aromatic rings. The Bertz CT molecular complexity index is 1200. The first-order valence-electron chi connectivity index (χ1n) is 16.9. The Morgan fingerprint density at radius 3 is 1.45 bits per heavy atom. The maximum Gasteiger partial charge on any atom is 2.00 e. The minimum absolute atomic E-state index is 0. The van der Waals surface area contributed by atoms with Crippen LogP contribution in [0, 0.1) is 6.92 Å². The van der Waals surface area contributed by atoms with E-state index in [2.05, 4.69) is 6.92 Å². The second-order valence-electron chi connectivity index (χ2n) is 12.5. The van der Waals surface area contributed by atoms with Gasteiger partial charge in [0, 0.05) is 19.5 Å². The summed E-state index contributed by atoms with van der Waals surface area (Å²) in [5, 5.41) is 0. The quantitative estimate of drug-likeness (QED) is 0.0973. The molecule has 0 unspecified atom stereocenters. The summed E-state index contributed by atoms with van der Waals surface area (Å²) in [5.41, 5.74) is 0.570. The van der Waals surface area contributed by atoms with E-state index in [4.69, 9.17) is 32.5 Å². The third kappa shape index (κ3) is 20.3.